The molecular formula is C8H11BrN4O2. The molecule has 0 bridgehead atoms. The lowest BCUT2D eigenvalue weighted by Gasteiger charge is -2.05. The van der Waals surface area contributed by atoms with E-state index in [1.54, 1.807) is 6.07 Å². The lowest BCUT2D eigenvalue weighted by molar-refractivity contribution is -0.122. The summed E-state index contributed by atoms with van der Waals surface area (Å²) in [7, 11) is 0. The van der Waals surface area contributed by atoms with Crippen molar-refractivity contribution in [2.45, 2.75) is 0 Å². The minimum Gasteiger partial charge on any atom is -0.370 e. The van der Waals surface area contributed by atoms with Gasteiger partial charge in [-0.25, -0.2) is 9.97 Å². The van der Waals surface area contributed by atoms with Crippen LogP contribution in [0.15, 0.2) is 17.0 Å². The van der Waals surface area contributed by atoms with Crippen LogP contribution in [0.25, 0.3) is 0 Å². The molecule has 7 heteroatoms. The molecule has 0 spiro atoms. The van der Waals surface area contributed by atoms with Gasteiger partial charge in [0.05, 0.1) is 6.61 Å². The fourth-order valence-electron chi connectivity index (χ4n) is 0.854. The second-order valence-corrected chi connectivity index (χ2v) is 3.48. The summed E-state index contributed by atoms with van der Waals surface area (Å²) < 4.78 is 5.66. The van der Waals surface area contributed by atoms with E-state index in [4.69, 9.17) is 10.5 Å². The van der Waals surface area contributed by atoms with Crippen molar-refractivity contribution in [3.8, 4) is 0 Å². The summed E-state index contributed by atoms with van der Waals surface area (Å²) in [5.41, 5.74) is 4.89. The van der Waals surface area contributed by atoms with Crippen molar-refractivity contribution in [3.63, 3.8) is 0 Å². The number of ether oxygens (including phenoxy) is 1. The van der Waals surface area contributed by atoms with Gasteiger partial charge in [0.2, 0.25) is 5.91 Å². The smallest absolute Gasteiger partial charge is 0.243 e. The molecule has 0 aliphatic rings. The van der Waals surface area contributed by atoms with E-state index in [0.717, 1.165) is 0 Å². The summed E-state index contributed by atoms with van der Waals surface area (Å²) in [5.74, 6) is 0.222. The fourth-order valence-corrected chi connectivity index (χ4v) is 1.16. The van der Waals surface area contributed by atoms with Crippen LogP contribution in [0.5, 0.6) is 0 Å². The average Bonchev–Trinajstić information content (AvgIpc) is 2.17. The Morgan fingerprint density at radius 3 is 3.07 bits per heavy atom. The summed E-state index contributed by atoms with van der Waals surface area (Å²) in [6, 6.07) is 1.74. The summed E-state index contributed by atoms with van der Waals surface area (Å²) in [5, 5.41) is 3.00. The first-order chi connectivity index (χ1) is 7.18. The summed E-state index contributed by atoms with van der Waals surface area (Å²) >= 11 is 3.22. The normalized spacial score (nSPS) is 9.93. The van der Waals surface area contributed by atoms with Crippen LogP contribution >= 0.6 is 15.9 Å². The first-order valence-corrected chi connectivity index (χ1v) is 5.05. The van der Waals surface area contributed by atoms with Crippen LogP contribution in [-0.4, -0.2) is 35.6 Å². The van der Waals surface area contributed by atoms with Crippen LogP contribution in [0, 0.1) is 0 Å². The molecule has 15 heavy (non-hydrogen) atoms. The zero-order valence-corrected chi connectivity index (χ0v) is 9.53. The predicted octanol–water partition coefficient (Wildman–Crippen LogP) is 0.153. The standard InChI is InChI=1S/C8H11BrN4O2/c9-6-3-8(13-5-12-6)11-1-2-15-4-7(10)14/h3,5H,1-2,4H2,(H2,10,14)(H,11,12,13). The molecule has 6 nitrogen and oxygen atoms in total. The van der Waals surface area contributed by atoms with Gasteiger partial charge in [0.15, 0.2) is 0 Å². The summed E-state index contributed by atoms with van der Waals surface area (Å²) in [4.78, 5) is 18.2. The van der Waals surface area contributed by atoms with E-state index in [2.05, 4.69) is 31.2 Å². The molecule has 0 aromatic carbocycles. The number of nitrogens with one attached hydrogen (secondary N) is 1. The van der Waals surface area contributed by atoms with Crippen molar-refractivity contribution in [3.05, 3.63) is 17.0 Å². The fraction of sp³-hybridized carbons (Fsp3) is 0.375. The topological polar surface area (TPSA) is 90.1 Å². The number of rotatable bonds is 6. The van der Waals surface area contributed by atoms with Gasteiger partial charge in [0, 0.05) is 12.6 Å². The Bertz CT molecular complexity index is 334. The molecule has 0 saturated heterocycles. The monoisotopic (exact) mass is 274 g/mol. The van der Waals surface area contributed by atoms with E-state index in [9.17, 15) is 4.79 Å². The number of carbonyl (C=O) groups excluding carboxylic acids is 1. The number of hydrogen-bond acceptors (Lipinski definition) is 5. The van der Waals surface area contributed by atoms with Crippen LogP contribution in [0.3, 0.4) is 0 Å². The number of carbonyl (C=O) groups is 1. The molecule has 0 radical (unpaired) electrons. The molecule has 1 amide bonds. The number of aromatic nitrogens is 2. The Morgan fingerprint density at radius 1 is 1.60 bits per heavy atom. The highest BCUT2D eigenvalue weighted by molar-refractivity contribution is 9.10. The molecule has 3 N–H and O–H groups in total. The van der Waals surface area contributed by atoms with Gasteiger partial charge in [-0.1, -0.05) is 0 Å². The third-order valence-electron chi connectivity index (χ3n) is 1.43. The molecule has 0 fully saturated rings. The minimum atomic E-state index is -0.472. The molecular weight excluding hydrogens is 264 g/mol. The second-order valence-electron chi connectivity index (χ2n) is 2.67. The third kappa shape index (κ3) is 5.28. The molecule has 1 heterocycles. The Labute approximate surface area is 95.4 Å². The predicted molar refractivity (Wildman–Crippen MR) is 58.2 cm³/mol. The molecule has 0 aliphatic heterocycles. The number of halogens is 1. The number of primary amides is 1. The van der Waals surface area contributed by atoms with Crippen LogP contribution in [0.4, 0.5) is 5.82 Å². The van der Waals surface area contributed by atoms with Gasteiger partial charge >= 0.3 is 0 Å². The Morgan fingerprint density at radius 2 is 2.40 bits per heavy atom. The number of nitrogens with two attached hydrogens (primary N) is 1. The van der Waals surface area contributed by atoms with Crippen molar-refractivity contribution < 1.29 is 9.53 Å². The van der Waals surface area contributed by atoms with Crippen molar-refractivity contribution in [2.24, 2.45) is 5.73 Å². The molecule has 1 aromatic heterocycles. The van der Waals surface area contributed by atoms with Gasteiger partial charge in [0.25, 0.3) is 0 Å². The maximum atomic E-state index is 10.3. The largest absolute Gasteiger partial charge is 0.370 e. The van der Waals surface area contributed by atoms with Crippen LogP contribution in [0.1, 0.15) is 0 Å². The molecule has 82 valence electrons. The van der Waals surface area contributed by atoms with Crippen LogP contribution in [0.2, 0.25) is 0 Å². The lowest BCUT2D eigenvalue weighted by Crippen LogP contribution is -2.20. The van der Waals surface area contributed by atoms with Gasteiger partial charge < -0.3 is 15.8 Å². The van der Waals surface area contributed by atoms with Crippen LogP contribution < -0.4 is 11.1 Å². The Hall–Kier alpha value is -1.21. The number of hydrogen-bond donors (Lipinski definition) is 2. The SMILES string of the molecule is NC(=O)COCCNc1cc(Br)ncn1. The van der Waals surface area contributed by atoms with E-state index in [1.807, 2.05) is 0 Å². The van der Waals surface area contributed by atoms with Crippen molar-refractivity contribution in [1.82, 2.24) is 9.97 Å². The van der Waals surface area contributed by atoms with E-state index >= 15 is 0 Å². The van der Waals surface area contributed by atoms with E-state index in [-0.39, 0.29) is 6.61 Å². The number of nitrogens with zero attached hydrogens (tertiary/aromatic N) is 2. The first kappa shape index (κ1) is 11.9. The highest BCUT2D eigenvalue weighted by Crippen LogP contribution is 2.08. The highest BCUT2D eigenvalue weighted by atomic mass is 79.9. The molecule has 0 atom stereocenters. The lowest BCUT2D eigenvalue weighted by atomic mass is 10.5. The molecule has 0 saturated carbocycles. The number of anilines is 1. The minimum absolute atomic E-state index is 0.0604. The quantitative estimate of drug-likeness (QED) is 0.570. The van der Waals surface area contributed by atoms with Gasteiger partial charge in [0.1, 0.15) is 23.4 Å². The zero-order chi connectivity index (χ0) is 11.1. The Balaban J connectivity index is 2.17. The maximum absolute atomic E-state index is 10.3. The van der Waals surface area contributed by atoms with Gasteiger partial charge in [-0.2, -0.15) is 0 Å². The summed E-state index contributed by atoms with van der Waals surface area (Å²) in [6.45, 7) is 0.885. The van der Waals surface area contributed by atoms with Crippen LogP contribution in [-0.2, 0) is 9.53 Å². The maximum Gasteiger partial charge on any atom is 0.243 e. The summed E-state index contributed by atoms with van der Waals surface area (Å²) in [6.07, 6.45) is 1.44. The van der Waals surface area contributed by atoms with Gasteiger partial charge in [-0.05, 0) is 15.9 Å². The van der Waals surface area contributed by atoms with Gasteiger partial charge in [-0.15, -0.1) is 0 Å². The second kappa shape index (κ2) is 6.31. The van der Waals surface area contributed by atoms with E-state index in [0.29, 0.717) is 23.6 Å². The van der Waals surface area contributed by atoms with Crippen molar-refractivity contribution in [1.29, 1.82) is 0 Å². The van der Waals surface area contributed by atoms with Gasteiger partial charge in [-0.3, -0.25) is 4.79 Å². The molecule has 1 aromatic rings. The molecule has 0 unspecified atom stereocenters. The van der Waals surface area contributed by atoms with Crippen molar-refractivity contribution in [2.75, 3.05) is 25.1 Å². The zero-order valence-electron chi connectivity index (χ0n) is 7.94. The van der Waals surface area contributed by atoms with E-state index < -0.39 is 5.91 Å². The van der Waals surface area contributed by atoms with Crippen molar-refractivity contribution >= 4 is 27.7 Å². The molecule has 0 aliphatic carbocycles. The van der Waals surface area contributed by atoms with E-state index in [1.165, 1.54) is 6.33 Å². The highest BCUT2D eigenvalue weighted by Gasteiger charge is 1.96. The number of amides is 1. The Kier molecular flexibility index (Phi) is 4.99. The molecule has 1 rings (SSSR count). The average molecular weight is 275 g/mol. The third-order valence-corrected chi connectivity index (χ3v) is 1.86. The first-order valence-electron chi connectivity index (χ1n) is 4.26.